The van der Waals surface area contributed by atoms with Gasteiger partial charge in [0.25, 0.3) is 0 Å². The third kappa shape index (κ3) is 1.52. The zero-order chi connectivity index (χ0) is 20.0. The van der Waals surface area contributed by atoms with Gasteiger partial charge in [0.1, 0.15) is 0 Å². The molecular formula is C28H44. The number of fused-ring (bicyclic) bond motifs is 16. The van der Waals surface area contributed by atoms with Crippen molar-refractivity contribution in [2.24, 2.45) is 87.3 Å². The molecule has 6 aliphatic rings. The van der Waals surface area contributed by atoms with Gasteiger partial charge in [0.2, 0.25) is 0 Å². The number of hydrogen-bond acceptors (Lipinski definition) is 0. The van der Waals surface area contributed by atoms with Gasteiger partial charge in [0.15, 0.2) is 0 Å². The van der Waals surface area contributed by atoms with Crippen molar-refractivity contribution >= 4 is 0 Å². The third-order valence-corrected chi connectivity index (χ3v) is 13.5. The highest BCUT2D eigenvalue weighted by atomic mass is 14.9. The Morgan fingerprint density at radius 2 is 0.893 bits per heavy atom. The number of rotatable bonds is 3. The highest BCUT2D eigenvalue weighted by Crippen LogP contribution is 2.87. The fourth-order valence-electron chi connectivity index (χ4n) is 12.4. The fourth-order valence-corrected chi connectivity index (χ4v) is 12.4. The van der Waals surface area contributed by atoms with E-state index in [2.05, 4.69) is 67.5 Å². The molecule has 12 unspecified atom stereocenters. The van der Waals surface area contributed by atoms with E-state index in [-0.39, 0.29) is 0 Å². The van der Waals surface area contributed by atoms with Gasteiger partial charge in [-0.25, -0.2) is 0 Å². The first kappa shape index (κ1) is 18.5. The zero-order valence-electron chi connectivity index (χ0n) is 19.7. The molecule has 0 aliphatic heterocycles. The molecule has 6 bridgehead atoms. The number of allylic oxidation sites excluding steroid dienone is 2. The molecule has 0 amide bonds. The molecule has 0 heterocycles. The molecule has 5 fully saturated rings. The molecule has 156 valence electrons. The predicted molar refractivity (Wildman–Crippen MR) is 118 cm³/mol. The second-order valence-electron chi connectivity index (χ2n) is 13.1. The zero-order valence-corrected chi connectivity index (χ0v) is 19.7. The summed E-state index contributed by atoms with van der Waals surface area (Å²) in [5.41, 5.74) is 1.82. The monoisotopic (exact) mass is 380 g/mol. The van der Waals surface area contributed by atoms with Crippen LogP contribution in [0.25, 0.3) is 0 Å². The van der Waals surface area contributed by atoms with Crippen LogP contribution in [-0.2, 0) is 0 Å². The molecule has 28 heavy (non-hydrogen) atoms. The summed E-state index contributed by atoms with van der Waals surface area (Å²) >= 11 is 0. The van der Waals surface area contributed by atoms with Crippen molar-refractivity contribution in [3.05, 3.63) is 12.2 Å². The van der Waals surface area contributed by atoms with Gasteiger partial charge in [-0.3, -0.25) is 0 Å². The Bertz CT molecular complexity index is 682. The Morgan fingerprint density at radius 3 is 1.25 bits per heavy atom. The Hall–Kier alpha value is -0.260. The Kier molecular flexibility index (Phi) is 3.39. The molecule has 0 aromatic rings. The highest BCUT2D eigenvalue weighted by Gasteiger charge is 2.83. The maximum Gasteiger partial charge on any atom is -0.0139 e. The molecule has 0 aromatic heterocycles. The molecule has 0 saturated heterocycles. The van der Waals surface area contributed by atoms with E-state index in [1.165, 1.54) is 19.3 Å². The van der Waals surface area contributed by atoms with Gasteiger partial charge in [-0.05, 0) is 93.7 Å². The van der Waals surface area contributed by atoms with Crippen LogP contribution in [0, 0.1) is 87.3 Å². The van der Waals surface area contributed by atoms with E-state index in [9.17, 15) is 0 Å². The van der Waals surface area contributed by atoms with Gasteiger partial charge in [0, 0.05) is 0 Å². The molecule has 0 radical (unpaired) electrons. The van der Waals surface area contributed by atoms with Crippen LogP contribution in [0.1, 0.15) is 74.7 Å². The summed E-state index contributed by atoms with van der Waals surface area (Å²) in [5.74, 6) is 11.8. The molecule has 0 N–H and O–H groups in total. The van der Waals surface area contributed by atoms with Crippen LogP contribution in [-0.4, -0.2) is 0 Å². The SMILES string of the molecule is CCC1(C)C2C=CC1C1C2C2C3C(C4C(C)C(C)C3C4(C)CC)C1C2(C)CC. The summed E-state index contributed by atoms with van der Waals surface area (Å²) in [6.07, 6.45) is 9.64. The van der Waals surface area contributed by atoms with E-state index in [0.717, 1.165) is 71.0 Å². The van der Waals surface area contributed by atoms with Gasteiger partial charge >= 0.3 is 0 Å². The van der Waals surface area contributed by atoms with Crippen molar-refractivity contribution in [3.8, 4) is 0 Å². The largest absolute Gasteiger partial charge is 0.0842 e. The van der Waals surface area contributed by atoms with E-state index in [1.54, 1.807) is 0 Å². The van der Waals surface area contributed by atoms with Crippen molar-refractivity contribution in [1.82, 2.24) is 0 Å². The van der Waals surface area contributed by atoms with Crippen molar-refractivity contribution in [2.45, 2.75) is 74.7 Å². The summed E-state index contributed by atoms with van der Waals surface area (Å²) in [6, 6.07) is 0. The summed E-state index contributed by atoms with van der Waals surface area (Å²) in [4.78, 5) is 0. The molecule has 0 nitrogen and oxygen atoms in total. The lowest BCUT2D eigenvalue weighted by Gasteiger charge is -2.47. The molecular weight excluding hydrogens is 336 g/mol. The Morgan fingerprint density at radius 1 is 0.536 bits per heavy atom. The topological polar surface area (TPSA) is 0 Å². The summed E-state index contributed by atoms with van der Waals surface area (Å²) < 4.78 is 0. The molecule has 6 rings (SSSR count). The van der Waals surface area contributed by atoms with Gasteiger partial charge in [0.05, 0.1) is 0 Å². The van der Waals surface area contributed by atoms with Gasteiger partial charge < -0.3 is 0 Å². The van der Waals surface area contributed by atoms with Crippen molar-refractivity contribution in [2.75, 3.05) is 0 Å². The first-order valence-electron chi connectivity index (χ1n) is 12.9. The second-order valence-corrected chi connectivity index (χ2v) is 13.1. The lowest BCUT2D eigenvalue weighted by molar-refractivity contribution is 0.00969. The van der Waals surface area contributed by atoms with Crippen molar-refractivity contribution < 1.29 is 0 Å². The minimum absolute atomic E-state index is 0.573. The van der Waals surface area contributed by atoms with Gasteiger partial charge in [-0.15, -0.1) is 0 Å². The van der Waals surface area contributed by atoms with Gasteiger partial charge in [-0.2, -0.15) is 0 Å². The average Bonchev–Trinajstić information content (AvgIpc) is 3.41. The highest BCUT2D eigenvalue weighted by molar-refractivity contribution is 5.34. The average molecular weight is 381 g/mol. The van der Waals surface area contributed by atoms with Crippen LogP contribution in [0.3, 0.4) is 0 Å². The maximum atomic E-state index is 2.76. The standard InChI is InChI=1S/C28H44/c1-9-26(6)16-12-13-17(26)19-18(16)24-20-21(25(19)28(24,8)11-3)23-15(5)14(4)22(20)27(23,7)10-2/h12-25H,9-11H2,1-8H3. The molecule has 5 saturated carbocycles. The van der Waals surface area contributed by atoms with Crippen LogP contribution in [0.4, 0.5) is 0 Å². The van der Waals surface area contributed by atoms with Crippen LogP contribution >= 0.6 is 0 Å². The quantitative estimate of drug-likeness (QED) is 0.356. The van der Waals surface area contributed by atoms with Crippen LogP contribution in [0.15, 0.2) is 12.2 Å². The van der Waals surface area contributed by atoms with E-state index in [0.29, 0.717) is 16.2 Å². The first-order valence-corrected chi connectivity index (χ1v) is 12.9. The van der Waals surface area contributed by atoms with Gasteiger partial charge in [-0.1, -0.05) is 80.4 Å². The van der Waals surface area contributed by atoms with E-state index >= 15 is 0 Å². The summed E-state index contributed by atoms with van der Waals surface area (Å²) in [7, 11) is 0. The van der Waals surface area contributed by atoms with E-state index < -0.39 is 0 Å². The second kappa shape index (κ2) is 5.13. The summed E-state index contributed by atoms with van der Waals surface area (Å²) in [6.45, 7) is 21.0. The molecule has 0 spiro atoms. The van der Waals surface area contributed by atoms with E-state index in [4.69, 9.17) is 0 Å². The molecule has 6 aliphatic carbocycles. The summed E-state index contributed by atoms with van der Waals surface area (Å²) in [5, 5.41) is 0. The maximum absolute atomic E-state index is 2.76. The smallest absolute Gasteiger partial charge is 0.0139 e. The molecule has 0 aromatic carbocycles. The van der Waals surface area contributed by atoms with Crippen LogP contribution in [0.2, 0.25) is 0 Å². The van der Waals surface area contributed by atoms with Crippen molar-refractivity contribution in [1.29, 1.82) is 0 Å². The minimum atomic E-state index is 0.573. The Balaban J connectivity index is 1.53. The normalized spacial score (nSPS) is 70.1. The molecule has 12 atom stereocenters. The minimum Gasteiger partial charge on any atom is -0.0842 e. The van der Waals surface area contributed by atoms with E-state index in [1.807, 2.05) is 0 Å². The first-order chi connectivity index (χ1) is 13.2. The predicted octanol–water partition coefficient (Wildman–Crippen LogP) is 7.31. The fraction of sp³-hybridized carbons (Fsp3) is 0.929. The Labute approximate surface area is 174 Å². The third-order valence-electron chi connectivity index (χ3n) is 13.5. The lowest BCUT2D eigenvalue weighted by Crippen LogP contribution is -2.43. The lowest BCUT2D eigenvalue weighted by atomic mass is 9.58. The van der Waals surface area contributed by atoms with Crippen molar-refractivity contribution in [3.63, 3.8) is 0 Å². The molecule has 0 heteroatoms. The number of hydrogen-bond donors (Lipinski definition) is 0. The van der Waals surface area contributed by atoms with Crippen LogP contribution in [0.5, 0.6) is 0 Å². The van der Waals surface area contributed by atoms with Crippen LogP contribution < -0.4 is 0 Å².